The van der Waals surface area contributed by atoms with Gasteiger partial charge < -0.3 is 9.40 Å². The molecule has 0 saturated heterocycles. The third-order valence-corrected chi connectivity index (χ3v) is 3.21. The zero-order chi connectivity index (χ0) is 12.9. The number of aromatic amines is 1. The second-order valence-electron chi connectivity index (χ2n) is 4.29. The fraction of sp³-hybridized carbons (Fsp3) is 0.364. The molecule has 18 heavy (non-hydrogen) atoms. The number of H-pyrrole nitrogens is 1. The lowest BCUT2D eigenvalue weighted by molar-refractivity contribution is 0.457. The number of hydrogen-bond acceptors (Lipinski definition) is 4. The monoisotopic (exact) mass is 263 g/mol. The highest BCUT2D eigenvalue weighted by Gasteiger charge is 2.14. The fourth-order valence-electron chi connectivity index (χ4n) is 2.13. The molecule has 0 aliphatic rings. The smallest absolute Gasteiger partial charge is 0.214 e. The number of aryl methyl sites for hydroxylation is 3. The summed E-state index contributed by atoms with van der Waals surface area (Å²) < 4.78 is 9.89. The van der Waals surface area contributed by atoms with Crippen LogP contribution < -0.4 is 0 Å². The molecule has 6 nitrogen and oxygen atoms in total. The van der Waals surface area contributed by atoms with Gasteiger partial charge in [-0.15, -0.1) is 0 Å². The average Bonchev–Trinajstić information content (AvgIpc) is 2.91. The molecule has 0 aromatic carbocycles. The minimum Gasteiger partial charge on any atom is -0.444 e. The van der Waals surface area contributed by atoms with Crippen LogP contribution in [0, 0.1) is 18.6 Å². The minimum atomic E-state index is 0.506. The van der Waals surface area contributed by atoms with Crippen LogP contribution in [0.15, 0.2) is 10.6 Å². The van der Waals surface area contributed by atoms with Gasteiger partial charge in [-0.2, -0.15) is 5.10 Å². The maximum Gasteiger partial charge on any atom is 0.214 e. The summed E-state index contributed by atoms with van der Waals surface area (Å²) in [7, 11) is 1.90. The Morgan fingerprint density at radius 3 is 2.89 bits per heavy atom. The Labute approximate surface area is 108 Å². The normalized spacial score (nSPS) is 11.5. The van der Waals surface area contributed by atoms with Gasteiger partial charge in [0.25, 0.3) is 0 Å². The lowest BCUT2D eigenvalue weighted by Crippen LogP contribution is -2.04. The van der Waals surface area contributed by atoms with Crippen molar-refractivity contribution in [1.29, 1.82) is 0 Å². The lowest BCUT2D eigenvalue weighted by Gasteiger charge is -2.01. The SMILES string of the molecule is Cc1cnc(Cn2c(=S)[nH]c3c(C)nn(C)c32)o1. The lowest BCUT2D eigenvalue weighted by atomic mass is 10.4. The van der Waals surface area contributed by atoms with E-state index in [0.717, 1.165) is 22.6 Å². The number of imidazole rings is 1. The first-order valence-electron chi connectivity index (χ1n) is 5.59. The Hall–Kier alpha value is -1.89. The van der Waals surface area contributed by atoms with Gasteiger partial charge in [-0.3, -0.25) is 9.25 Å². The first-order valence-corrected chi connectivity index (χ1v) is 6.00. The largest absolute Gasteiger partial charge is 0.444 e. The van der Waals surface area contributed by atoms with Crippen LogP contribution in [0.2, 0.25) is 0 Å². The van der Waals surface area contributed by atoms with Gasteiger partial charge in [-0.25, -0.2) is 4.98 Å². The second-order valence-corrected chi connectivity index (χ2v) is 4.68. The number of nitrogens with zero attached hydrogens (tertiary/aromatic N) is 4. The van der Waals surface area contributed by atoms with Crippen molar-refractivity contribution in [2.45, 2.75) is 20.4 Å². The molecule has 3 aromatic rings. The zero-order valence-electron chi connectivity index (χ0n) is 10.4. The van der Waals surface area contributed by atoms with Gasteiger partial charge in [0, 0.05) is 7.05 Å². The summed E-state index contributed by atoms with van der Waals surface area (Å²) in [5.41, 5.74) is 2.85. The van der Waals surface area contributed by atoms with Gasteiger partial charge in [0.1, 0.15) is 17.8 Å². The van der Waals surface area contributed by atoms with Gasteiger partial charge in [0.05, 0.1) is 11.9 Å². The van der Waals surface area contributed by atoms with E-state index >= 15 is 0 Å². The molecule has 94 valence electrons. The van der Waals surface area contributed by atoms with E-state index in [-0.39, 0.29) is 0 Å². The molecule has 0 fully saturated rings. The van der Waals surface area contributed by atoms with Gasteiger partial charge in [-0.05, 0) is 26.1 Å². The maximum absolute atomic E-state index is 5.49. The van der Waals surface area contributed by atoms with Crippen LogP contribution in [-0.2, 0) is 13.6 Å². The van der Waals surface area contributed by atoms with Crippen LogP contribution in [0.4, 0.5) is 0 Å². The highest BCUT2D eigenvalue weighted by molar-refractivity contribution is 7.71. The Bertz CT molecular complexity index is 775. The molecule has 0 aliphatic heterocycles. The van der Waals surface area contributed by atoms with E-state index in [9.17, 15) is 0 Å². The summed E-state index contributed by atoms with van der Waals surface area (Å²) in [6, 6.07) is 0. The predicted molar refractivity (Wildman–Crippen MR) is 69.0 cm³/mol. The van der Waals surface area contributed by atoms with Crippen molar-refractivity contribution in [3.8, 4) is 0 Å². The molecule has 1 N–H and O–H groups in total. The van der Waals surface area contributed by atoms with E-state index in [1.165, 1.54) is 0 Å². The number of hydrogen-bond donors (Lipinski definition) is 1. The van der Waals surface area contributed by atoms with E-state index < -0.39 is 0 Å². The molecule has 7 heteroatoms. The van der Waals surface area contributed by atoms with Crippen LogP contribution in [-0.4, -0.2) is 24.3 Å². The molecule has 0 aliphatic carbocycles. The molecule has 3 aromatic heterocycles. The van der Waals surface area contributed by atoms with Crippen LogP contribution in [0.5, 0.6) is 0 Å². The van der Waals surface area contributed by atoms with Crippen molar-refractivity contribution in [2.24, 2.45) is 7.05 Å². The topological polar surface area (TPSA) is 64.6 Å². The second kappa shape index (κ2) is 3.81. The standard InChI is InChI=1S/C11H13N5OS/c1-6-4-12-8(17-6)5-16-10-9(13-11(16)18)7(2)14-15(10)3/h4H,5H2,1-3H3,(H,13,18). The van der Waals surface area contributed by atoms with Gasteiger partial charge in [-0.1, -0.05) is 0 Å². The maximum atomic E-state index is 5.49. The van der Waals surface area contributed by atoms with Gasteiger partial charge in [0.2, 0.25) is 5.89 Å². The summed E-state index contributed by atoms with van der Waals surface area (Å²) in [6.45, 7) is 4.33. The van der Waals surface area contributed by atoms with Crippen LogP contribution in [0.3, 0.4) is 0 Å². The van der Waals surface area contributed by atoms with Crippen molar-refractivity contribution < 1.29 is 4.42 Å². The first kappa shape index (κ1) is 11.2. The van der Waals surface area contributed by atoms with E-state index in [0.29, 0.717) is 17.2 Å². The third kappa shape index (κ3) is 1.59. The number of nitrogens with one attached hydrogen (secondary N) is 1. The van der Waals surface area contributed by atoms with Crippen LogP contribution in [0.25, 0.3) is 11.2 Å². The molecule has 0 amide bonds. The molecule has 0 bridgehead atoms. The molecule has 3 rings (SSSR count). The summed E-state index contributed by atoms with van der Waals surface area (Å²) in [5.74, 6) is 1.44. The quantitative estimate of drug-likeness (QED) is 0.719. The predicted octanol–water partition coefficient (Wildman–Crippen LogP) is 2.09. The van der Waals surface area contributed by atoms with Crippen molar-refractivity contribution in [1.82, 2.24) is 24.3 Å². The average molecular weight is 263 g/mol. The van der Waals surface area contributed by atoms with Crippen molar-refractivity contribution in [3.63, 3.8) is 0 Å². The molecule has 0 radical (unpaired) electrons. The van der Waals surface area contributed by atoms with Crippen molar-refractivity contribution in [3.05, 3.63) is 28.3 Å². The van der Waals surface area contributed by atoms with Gasteiger partial charge >= 0.3 is 0 Å². The van der Waals surface area contributed by atoms with E-state index in [4.69, 9.17) is 16.6 Å². The molecule has 0 saturated carbocycles. The summed E-state index contributed by atoms with van der Waals surface area (Å²) in [5, 5.41) is 4.37. The molecule has 0 unspecified atom stereocenters. The number of fused-ring (bicyclic) bond motifs is 1. The summed E-state index contributed by atoms with van der Waals surface area (Å²) in [6.07, 6.45) is 1.71. The molecule has 3 heterocycles. The fourth-order valence-corrected chi connectivity index (χ4v) is 2.38. The van der Waals surface area contributed by atoms with Crippen LogP contribution in [0.1, 0.15) is 17.3 Å². The highest BCUT2D eigenvalue weighted by atomic mass is 32.1. The first-order chi connectivity index (χ1) is 8.56. The third-order valence-electron chi connectivity index (χ3n) is 2.89. The zero-order valence-corrected chi connectivity index (χ0v) is 11.2. The Kier molecular flexibility index (Phi) is 2.37. The van der Waals surface area contributed by atoms with Crippen molar-refractivity contribution in [2.75, 3.05) is 0 Å². The minimum absolute atomic E-state index is 0.506. The Morgan fingerprint density at radius 2 is 2.22 bits per heavy atom. The summed E-state index contributed by atoms with van der Waals surface area (Å²) in [4.78, 5) is 7.37. The van der Waals surface area contributed by atoms with Crippen LogP contribution >= 0.6 is 12.2 Å². The van der Waals surface area contributed by atoms with Crippen molar-refractivity contribution >= 4 is 23.4 Å². The molecular weight excluding hydrogens is 250 g/mol. The number of oxazole rings is 1. The van der Waals surface area contributed by atoms with E-state index in [2.05, 4.69) is 15.1 Å². The Morgan fingerprint density at radius 1 is 1.44 bits per heavy atom. The molecular formula is C11H13N5OS. The number of aromatic nitrogens is 5. The van der Waals surface area contributed by atoms with E-state index in [1.54, 1.807) is 6.20 Å². The number of rotatable bonds is 2. The molecule has 0 atom stereocenters. The highest BCUT2D eigenvalue weighted by Crippen LogP contribution is 2.18. The Balaban J connectivity index is 2.16. The summed E-state index contributed by atoms with van der Waals surface area (Å²) >= 11 is 5.33. The van der Waals surface area contributed by atoms with E-state index in [1.807, 2.05) is 30.1 Å². The molecule has 0 spiro atoms. The van der Waals surface area contributed by atoms with Gasteiger partial charge in [0.15, 0.2) is 10.4 Å².